The van der Waals surface area contributed by atoms with Crippen molar-refractivity contribution >= 4 is 5.69 Å². The number of nitrogens with one attached hydrogen (secondary N) is 1. The van der Waals surface area contributed by atoms with Crippen LogP contribution >= 0.6 is 0 Å². The van der Waals surface area contributed by atoms with Crippen molar-refractivity contribution in [2.75, 3.05) is 11.9 Å². The predicted molar refractivity (Wildman–Crippen MR) is 85.7 cm³/mol. The van der Waals surface area contributed by atoms with E-state index in [-0.39, 0.29) is 5.54 Å². The van der Waals surface area contributed by atoms with Crippen molar-refractivity contribution in [1.82, 2.24) is 5.32 Å². The predicted octanol–water partition coefficient (Wildman–Crippen LogP) is 4.06. The molecular formula is C17H30N2. The monoisotopic (exact) mass is 262 g/mol. The third-order valence-electron chi connectivity index (χ3n) is 3.76. The normalized spacial score (nSPS) is 13.7. The molecule has 0 saturated heterocycles. The Balaban J connectivity index is 2.89. The highest BCUT2D eigenvalue weighted by atomic mass is 15.1. The summed E-state index contributed by atoms with van der Waals surface area (Å²) in [6.45, 7) is 14.4. The third kappa shape index (κ3) is 4.87. The van der Waals surface area contributed by atoms with E-state index in [0.29, 0.717) is 12.0 Å². The molecule has 1 unspecified atom stereocenters. The van der Waals surface area contributed by atoms with Crippen molar-refractivity contribution < 1.29 is 0 Å². The van der Waals surface area contributed by atoms with E-state index >= 15 is 0 Å². The molecule has 0 heterocycles. The molecule has 2 nitrogen and oxygen atoms in total. The summed E-state index contributed by atoms with van der Waals surface area (Å²) in [5.74, 6) is 0.647. The lowest BCUT2D eigenvalue weighted by Gasteiger charge is -2.32. The lowest BCUT2D eigenvalue weighted by Crippen LogP contribution is -2.37. The second-order valence-corrected chi connectivity index (χ2v) is 6.83. The van der Waals surface area contributed by atoms with Crippen molar-refractivity contribution in [1.29, 1.82) is 0 Å². The van der Waals surface area contributed by atoms with Gasteiger partial charge in [-0.3, -0.25) is 0 Å². The summed E-state index contributed by atoms with van der Waals surface area (Å²) in [5, 5.41) is 3.57. The summed E-state index contributed by atoms with van der Waals surface area (Å²) in [7, 11) is 2.20. The molecule has 0 aliphatic heterocycles. The first-order valence-corrected chi connectivity index (χ1v) is 7.28. The van der Waals surface area contributed by atoms with Gasteiger partial charge in [0.1, 0.15) is 0 Å². The van der Waals surface area contributed by atoms with E-state index in [1.54, 1.807) is 0 Å². The molecule has 1 aromatic carbocycles. The van der Waals surface area contributed by atoms with Gasteiger partial charge in [0.2, 0.25) is 0 Å². The molecular weight excluding hydrogens is 232 g/mol. The van der Waals surface area contributed by atoms with Gasteiger partial charge in [0, 0.05) is 30.9 Å². The van der Waals surface area contributed by atoms with Gasteiger partial charge in [-0.2, -0.15) is 0 Å². The third-order valence-corrected chi connectivity index (χ3v) is 3.76. The number of rotatable bonds is 5. The Hall–Kier alpha value is -1.02. The summed E-state index contributed by atoms with van der Waals surface area (Å²) < 4.78 is 0. The zero-order chi connectivity index (χ0) is 14.6. The van der Waals surface area contributed by atoms with Crippen molar-refractivity contribution in [2.45, 2.75) is 59.7 Å². The second-order valence-electron chi connectivity index (χ2n) is 6.83. The van der Waals surface area contributed by atoms with E-state index in [1.165, 1.54) is 11.3 Å². The largest absolute Gasteiger partial charge is 0.371 e. The highest BCUT2D eigenvalue weighted by molar-refractivity contribution is 5.53. The van der Waals surface area contributed by atoms with Gasteiger partial charge >= 0.3 is 0 Å². The smallest absolute Gasteiger partial charge is 0.0411 e. The Morgan fingerprint density at radius 1 is 1.11 bits per heavy atom. The van der Waals surface area contributed by atoms with E-state index in [1.807, 2.05) is 0 Å². The molecule has 0 aliphatic rings. The second kappa shape index (κ2) is 6.42. The highest BCUT2D eigenvalue weighted by Crippen LogP contribution is 2.24. The van der Waals surface area contributed by atoms with Gasteiger partial charge in [0.25, 0.3) is 0 Å². The Labute approximate surface area is 119 Å². The zero-order valence-corrected chi connectivity index (χ0v) is 13.6. The van der Waals surface area contributed by atoms with Crippen LogP contribution in [0.2, 0.25) is 0 Å². The molecule has 1 atom stereocenters. The van der Waals surface area contributed by atoms with Crippen LogP contribution in [-0.2, 0) is 6.54 Å². The Morgan fingerprint density at radius 2 is 1.68 bits per heavy atom. The van der Waals surface area contributed by atoms with Crippen LogP contribution in [0.3, 0.4) is 0 Å². The first kappa shape index (κ1) is 16.0. The maximum absolute atomic E-state index is 3.57. The number of nitrogens with zero attached hydrogens (tertiary/aromatic N) is 1. The topological polar surface area (TPSA) is 15.3 Å². The van der Waals surface area contributed by atoms with Gasteiger partial charge < -0.3 is 10.2 Å². The molecule has 0 aromatic heterocycles. The number of benzene rings is 1. The van der Waals surface area contributed by atoms with Crippen LogP contribution in [0.5, 0.6) is 0 Å². The zero-order valence-electron chi connectivity index (χ0n) is 13.6. The van der Waals surface area contributed by atoms with Gasteiger partial charge in [-0.1, -0.05) is 32.0 Å². The van der Waals surface area contributed by atoms with Crippen molar-refractivity contribution in [3.05, 3.63) is 29.8 Å². The van der Waals surface area contributed by atoms with Crippen LogP contribution in [0.1, 0.15) is 47.1 Å². The van der Waals surface area contributed by atoms with Gasteiger partial charge in [0.05, 0.1) is 0 Å². The summed E-state index contributed by atoms with van der Waals surface area (Å²) in [6, 6.07) is 9.22. The fraction of sp³-hybridized carbons (Fsp3) is 0.647. The van der Waals surface area contributed by atoms with Crippen molar-refractivity contribution in [3.63, 3.8) is 0 Å². The Bertz CT molecular complexity index is 390. The first-order chi connectivity index (χ1) is 8.72. The molecule has 0 spiro atoms. The molecule has 108 valence electrons. The average molecular weight is 262 g/mol. The molecule has 2 heteroatoms. The molecule has 0 bridgehead atoms. The van der Waals surface area contributed by atoms with E-state index < -0.39 is 0 Å². The summed E-state index contributed by atoms with van der Waals surface area (Å²) in [6.07, 6.45) is 0. The molecule has 1 aromatic rings. The Morgan fingerprint density at radius 3 is 2.21 bits per heavy atom. The van der Waals surface area contributed by atoms with Crippen LogP contribution in [-0.4, -0.2) is 18.6 Å². The summed E-state index contributed by atoms with van der Waals surface area (Å²) in [5.41, 5.74) is 2.85. The van der Waals surface area contributed by atoms with Crippen molar-refractivity contribution in [2.24, 2.45) is 5.92 Å². The lowest BCUT2D eigenvalue weighted by atomic mass is 10.0. The van der Waals surface area contributed by atoms with Gasteiger partial charge in [-0.15, -0.1) is 0 Å². The van der Waals surface area contributed by atoms with Gasteiger partial charge in [-0.25, -0.2) is 0 Å². The quantitative estimate of drug-likeness (QED) is 0.861. The molecule has 1 N–H and O–H groups in total. The lowest BCUT2D eigenvalue weighted by molar-refractivity contribution is 0.423. The number of hydrogen-bond acceptors (Lipinski definition) is 2. The Kier molecular flexibility index (Phi) is 5.42. The van der Waals surface area contributed by atoms with Crippen LogP contribution < -0.4 is 10.2 Å². The SMILES string of the molecule is CC(C)C(C)N(C)c1ccccc1CNC(C)(C)C. The molecule has 0 fully saturated rings. The molecule has 0 aliphatic carbocycles. The summed E-state index contributed by atoms with van der Waals surface area (Å²) in [4.78, 5) is 2.39. The summed E-state index contributed by atoms with van der Waals surface area (Å²) >= 11 is 0. The molecule has 19 heavy (non-hydrogen) atoms. The fourth-order valence-electron chi connectivity index (χ4n) is 2.03. The minimum absolute atomic E-state index is 0.148. The van der Waals surface area contributed by atoms with E-state index in [4.69, 9.17) is 0 Å². The average Bonchev–Trinajstić information content (AvgIpc) is 2.34. The van der Waals surface area contributed by atoms with Gasteiger partial charge in [-0.05, 0) is 45.2 Å². The van der Waals surface area contributed by atoms with Crippen molar-refractivity contribution in [3.8, 4) is 0 Å². The minimum Gasteiger partial charge on any atom is -0.371 e. The number of anilines is 1. The molecule has 0 saturated carbocycles. The minimum atomic E-state index is 0.148. The number of para-hydroxylation sites is 1. The molecule has 1 rings (SSSR count). The fourth-order valence-corrected chi connectivity index (χ4v) is 2.03. The number of hydrogen-bond donors (Lipinski definition) is 1. The maximum atomic E-state index is 3.57. The molecule has 0 amide bonds. The standard InChI is InChI=1S/C17H30N2/c1-13(2)14(3)19(7)16-11-9-8-10-15(16)12-18-17(4,5)6/h8-11,13-14,18H,12H2,1-7H3. The van der Waals surface area contributed by atoms with Crippen LogP contribution in [0.25, 0.3) is 0 Å². The van der Waals surface area contributed by atoms with E-state index in [9.17, 15) is 0 Å². The highest BCUT2D eigenvalue weighted by Gasteiger charge is 2.17. The van der Waals surface area contributed by atoms with E-state index in [2.05, 4.69) is 83.1 Å². The first-order valence-electron chi connectivity index (χ1n) is 7.28. The van der Waals surface area contributed by atoms with Crippen LogP contribution in [0, 0.1) is 5.92 Å². The molecule has 0 radical (unpaired) electrons. The van der Waals surface area contributed by atoms with Crippen LogP contribution in [0.4, 0.5) is 5.69 Å². The maximum Gasteiger partial charge on any atom is 0.0411 e. The van der Waals surface area contributed by atoms with Crippen LogP contribution in [0.15, 0.2) is 24.3 Å². The van der Waals surface area contributed by atoms with E-state index in [0.717, 1.165) is 6.54 Å². The van der Waals surface area contributed by atoms with Gasteiger partial charge in [0.15, 0.2) is 0 Å².